The van der Waals surface area contributed by atoms with Gasteiger partial charge >= 0.3 is 0 Å². The number of nitrogens with one attached hydrogen (secondary N) is 1. The van der Waals surface area contributed by atoms with Gasteiger partial charge in [0.1, 0.15) is 29.5 Å². The summed E-state index contributed by atoms with van der Waals surface area (Å²) >= 11 is 0. The van der Waals surface area contributed by atoms with Gasteiger partial charge in [0.2, 0.25) is 0 Å². The Balaban J connectivity index is 0.00000400. The highest BCUT2D eigenvalue weighted by atomic mass is 35.5. The van der Waals surface area contributed by atoms with E-state index in [0.717, 1.165) is 0 Å². The van der Waals surface area contributed by atoms with Crippen LogP contribution in [0.2, 0.25) is 0 Å². The Labute approximate surface area is 265 Å². The highest BCUT2D eigenvalue weighted by molar-refractivity contribution is 6.32. The SMILES string of the molecule is COc1cccc2c1C(=N)c1c(O)c3c(c(O)c1C2=O)C[C@@](O)(C(=O)CO)CC3OC1CC(N2CCOCC2)C(O)C(C)O1.Cl. The van der Waals surface area contributed by atoms with E-state index in [1.165, 1.54) is 13.2 Å². The third-order valence-corrected chi connectivity index (χ3v) is 9.29. The van der Waals surface area contributed by atoms with Gasteiger partial charge in [0.15, 0.2) is 17.9 Å². The minimum Gasteiger partial charge on any atom is -0.507 e. The molecule has 0 bridgehead atoms. The van der Waals surface area contributed by atoms with Crippen LogP contribution in [-0.2, 0) is 25.4 Å². The fourth-order valence-corrected chi connectivity index (χ4v) is 7.01. The second-order valence-electron chi connectivity index (χ2n) is 11.8. The molecule has 244 valence electrons. The summed E-state index contributed by atoms with van der Waals surface area (Å²) in [5.41, 5.74) is -2.92. The van der Waals surface area contributed by atoms with Crippen molar-refractivity contribution in [1.29, 1.82) is 5.41 Å². The first-order valence-electron chi connectivity index (χ1n) is 14.6. The lowest BCUT2D eigenvalue weighted by Gasteiger charge is -2.46. The number of hydrogen-bond donors (Lipinski definition) is 6. The zero-order chi connectivity index (χ0) is 31.5. The van der Waals surface area contributed by atoms with Gasteiger partial charge < -0.3 is 44.5 Å². The van der Waals surface area contributed by atoms with Crippen LogP contribution in [0.15, 0.2) is 18.2 Å². The van der Waals surface area contributed by atoms with Gasteiger partial charge in [-0.1, -0.05) is 12.1 Å². The van der Waals surface area contributed by atoms with Crippen LogP contribution in [0.4, 0.5) is 0 Å². The van der Waals surface area contributed by atoms with E-state index in [2.05, 4.69) is 4.90 Å². The number of halogens is 1. The van der Waals surface area contributed by atoms with E-state index in [1.807, 2.05) is 0 Å². The number of benzene rings is 2. The van der Waals surface area contributed by atoms with Crippen molar-refractivity contribution < 1.29 is 54.1 Å². The Morgan fingerprint density at radius 1 is 1.16 bits per heavy atom. The zero-order valence-corrected chi connectivity index (χ0v) is 25.6. The summed E-state index contributed by atoms with van der Waals surface area (Å²) < 4.78 is 23.2. The zero-order valence-electron chi connectivity index (χ0n) is 24.8. The highest BCUT2D eigenvalue weighted by Crippen LogP contribution is 2.52. The summed E-state index contributed by atoms with van der Waals surface area (Å²) in [6.07, 6.45) is -4.43. The molecule has 2 saturated heterocycles. The number of rotatable bonds is 6. The van der Waals surface area contributed by atoms with Crippen molar-refractivity contribution >= 4 is 29.7 Å². The number of aliphatic hydroxyl groups is 3. The monoisotopic (exact) mass is 648 g/mol. The molecule has 0 aromatic heterocycles. The number of ether oxygens (including phenoxy) is 4. The molecule has 6 atom stereocenters. The Hall–Kier alpha value is -3.14. The first-order valence-corrected chi connectivity index (χ1v) is 14.6. The standard InChI is InChI=1S/C31H36N2O11.ClH/c1-14-27(36)17(33-6-8-42-9-7-33)10-21(43-14)44-19-12-31(40,20(35)13-34)11-16-23(19)30(39)24-25(29(16)38)28(37)15-4-3-5-18(41-2)22(15)26(24)32;/h3-5,14,17,19,21,27,32,34,36,38-40H,6-13H2,1-2H3;1H/t14?,17?,19?,21?,27?,31-;/m0./s1. The molecule has 2 aliphatic carbocycles. The van der Waals surface area contributed by atoms with Crippen molar-refractivity contribution in [3.63, 3.8) is 0 Å². The van der Waals surface area contributed by atoms with Crippen molar-refractivity contribution in [1.82, 2.24) is 4.90 Å². The molecule has 2 heterocycles. The first kappa shape index (κ1) is 33.2. The number of methoxy groups -OCH3 is 1. The molecular weight excluding hydrogens is 612 g/mol. The van der Waals surface area contributed by atoms with Crippen LogP contribution in [0.25, 0.3) is 0 Å². The topological polar surface area (TPSA) is 199 Å². The Morgan fingerprint density at radius 3 is 2.53 bits per heavy atom. The molecule has 13 nitrogen and oxygen atoms in total. The van der Waals surface area contributed by atoms with Crippen molar-refractivity contribution in [3.8, 4) is 17.2 Å². The third-order valence-electron chi connectivity index (χ3n) is 9.29. The maximum Gasteiger partial charge on any atom is 0.198 e. The molecule has 4 aliphatic rings. The number of aromatic hydroxyl groups is 2. The summed E-state index contributed by atoms with van der Waals surface area (Å²) in [6.45, 7) is 2.92. The van der Waals surface area contributed by atoms with Gasteiger partial charge in [-0.05, 0) is 13.0 Å². The van der Waals surface area contributed by atoms with Gasteiger partial charge in [-0.2, -0.15) is 0 Å². The molecule has 2 fully saturated rings. The van der Waals surface area contributed by atoms with Crippen LogP contribution in [0.3, 0.4) is 0 Å². The van der Waals surface area contributed by atoms with Crippen LogP contribution < -0.4 is 4.74 Å². The highest BCUT2D eigenvalue weighted by Gasteiger charge is 2.50. The Bertz CT molecular complexity index is 1530. The molecule has 6 N–H and O–H groups in total. The van der Waals surface area contributed by atoms with Crippen LogP contribution in [0.5, 0.6) is 17.2 Å². The van der Waals surface area contributed by atoms with Crippen molar-refractivity contribution in [2.24, 2.45) is 0 Å². The number of ketones is 2. The Kier molecular flexibility index (Phi) is 9.28. The number of phenols is 2. The molecule has 5 unspecified atom stereocenters. The van der Waals surface area contributed by atoms with E-state index in [-0.39, 0.29) is 69.7 Å². The van der Waals surface area contributed by atoms with Crippen molar-refractivity contribution in [2.75, 3.05) is 40.0 Å². The summed E-state index contributed by atoms with van der Waals surface area (Å²) in [6, 6.07) is 4.27. The average molecular weight is 649 g/mol. The van der Waals surface area contributed by atoms with Crippen molar-refractivity contribution in [3.05, 3.63) is 51.6 Å². The number of hydrogen-bond acceptors (Lipinski definition) is 13. The van der Waals surface area contributed by atoms with Crippen LogP contribution >= 0.6 is 12.4 Å². The molecule has 0 amide bonds. The molecule has 2 aromatic rings. The maximum atomic E-state index is 13.7. The van der Waals surface area contributed by atoms with E-state index in [1.54, 1.807) is 19.1 Å². The number of phenolic OH excluding ortho intramolecular Hbond substituents is 2. The maximum absolute atomic E-state index is 13.7. The number of Topliss-reactive ketones (excluding diaryl/α,β-unsaturated/α-hetero) is 1. The molecule has 0 saturated carbocycles. The van der Waals surface area contributed by atoms with Crippen LogP contribution in [0, 0.1) is 5.41 Å². The van der Waals surface area contributed by atoms with Gasteiger partial charge in [-0.25, -0.2) is 0 Å². The molecule has 6 rings (SSSR count). The van der Waals surface area contributed by atoms with E-state index in [9.17, 15) is 35.1 Å². The first-order chi connectivity index (χ1) is 21.0. The quantitative estimate of drug-likeness (QED) is 0.207. The summed E-state index contributed by atoms with van der Waals surface area (Å²) in [5.74, 6) is -2.49. The van der Waals surface area contributed by atoms with Gasteiger partial charge in [0.05, 0.1) is 61.0 Å². The predicted octanol–water partition coefficient (Wildman–Crippen LogP) is 0.982. The molecule has 14 heteroatoms. The normalized spacial score (nSPS) is 29.7. The lowest BCUT2D eigenvalue weighted by Crippen LogP contribution is -2.58. The molecule has 2 aliphatic heterocycles. The second-order valence-corrected chi connectivity index (χ2v) is 11.8. The van der Waals surface area contributed by atoms with Crippen LogP contribution in [0.1, 0.15) is 64.0 Å². The third kappa shape index (κ3) is 5.40. The molecular formula is C31H37ClN2O11. The van der Waals surface area contributed by atoms with Gasteiger partial charge in [-0.3, -0.25) is 19.9 Å². The molecule has 0 spiro atoms. The number of fused-ring (bicyclic) bond motifs is 3. The second kappa shape index (κ2) is 12.6. The van der Waals surface area contributed by atoms with E-state index in [0.29, 0.717) is 26.3 Å². The fourth-order valence-electron chi connectivity index (χ4n) is 7.01. The minimum atomic E-state index is -2.21. The summed E-state index contributed by atoms with van der Waals surface area (Å²) in [5, 5.41) is 64.4. The number of aliphatic hydroxyl groups excluding tert-OH is 2. The fraction of sp³-hybridized carbons (Fsp3) is 0.516. The van der Waals surface area contributed by atoms with Gasteiger partial charge in [0, 0.05) is 55.1 Å². The molecule has 45 heavy (non-hydrogen) atoms. The molecule has 0 radical (unpaired) electrons. The van der Waals surface area contributed by atoms with Gasteiger partial charge in [-0.15, -0.1) is 12.4 Å². The summed E-state index contributed by atoms with van der Waals surface area (Å²) in [7, 11) is 1.39. The number of carbonyl (C=O) groups excluding carboxylic acids is 2. The average Bonchev–Trinajstić information content (AvgIpc) is 3.02. The van der Waals surface area contributed by atoms with Crippen molar-refractivity contribution in [2.45, 2.75) is 62.4 Å². The number of nitrogens with zero attached hydrogens (tertiary/aromatic N) is 1. The largest absolute Gasteiger partial charge is 0.507 e. The molecule has 2 aromatic carbocycles. The predicted molar refractivity (Wildman–Crippen MR) is 160 cm³/mol. The lowest BCUT2D eigenvalue weighted by atomic mass is 9.71. The lowest BCUT2D eigenvalue weighted by molar-refractivity contribution is -0.260. The van der Waals surface area contributed by atoms with E-state index < -0.39 is 72.7 Å². The van der Waals surface area contributed by atoms with Gasteiger partial charge in [0.25, 0.3) is 0 Å². The Morgan fingerprint density at radius 2 is 1.87 bits per heavy atom. The van der Waals surface area contributed by atoms with E-state index >= 15 is 0 Å². The summed E-state index contributed by atoms with van der Waals surface area (Å²) in [4.78, 5) is 28.6. The van der Waals surface area contributed by atoms with Crippen LogP contribution in [-0.4, -0.2) is 118 Å². The number of morpholine rings is 1. The smallest absolute Gasteiger partial charge is 0.198 e. The number of carbonyl (C=O) groups is 2. The minimum absolute atomic E-state index is 0. The van der Waals surface area contributed by atoms with E-state index in [4.69, 9.17) is 24.4 Å².